The van der Waals surface area contributed by atoms with Crippen LogP contribution in [0.1, 0.15) is 47.0 Å². The van der Waals surface area contributed by atoms with Gasteiger partial charge in [-0.3, -0.25) is 4.90 Å². The third-order valence-electron chi connectivity index (χ3n) is 4.49. The largest absolute Gasteiger partial charge is 0.303 e. The van der Waals surface area contributed by atoms with Gasteiger partial charge >= 0.3 is 0 Å². The summed E-state index contributed by atoms with van der Waals surface area (Å²) < 4.78 is 0. The van der Waals surface area contributed by atoms with Crippen molar-refractivity contribution in [1.29, 1.82) is 0 Å². The lowest BCUT2D eigenvalue weighted by Gasteiger charge is -2.48. The molecule has 2 nitrogen and oxygen atoms in total. The van der Waals surface area contributed by atoms with E-state index in [1.165, 1.54) is 52.0 Å². The molecule has 0 aromatic rings. The molecule has 0 aliphatic carbocycles. The third kappa shape index (κ3) is 3.96. The Bertz CT molecular complexity index is 235. The van der Waals surface area contributed by atoms with E-state index in [0.717, 1.165) is 23.8 Å². The fraction of sp³-hybridized carbons (Fsp3) is 1.00. The zero-order valence-corrected chi connectivity index (χ0v) is 12.9. The van der Waals surface area contributed by atoms with Crippen molar-refractivity contribution in [2.45, 2.75) is 53.0 Å². The molecule has 0 spiro atoms. The first kappa shape index (κ1) is 14.3. The van der Waals surface area contributed by atoms with Gasteiger partial charge in [0, 0.05) is 25.7 Å². The first-order valence-corrected chi connectivity index (χ1v) is 8.01. The summed E-state index contributed by atoms with van der Waals surface area (Å²) in [4.78, 5) is 5.41. The fourth-order valence-electron chi connectivity index (χ4n) is 3.71. The summed E-state index contributed by atoms with van der Waals surface area (Å²) >= 11 is 0. The molecule has 18 heavy (non-hydrogen) atoms. The monoisotopic (exact) mass is 252 g/mol. The van der Waals surface area contributed by atoms with Crippen molar-refractivity contribution in [2.75, 3.05) is 32.7 Å². The topological polar surface area (TPSA) is 6.48 Å². The van der Waals surface area contributed by atoms with Gasteiger partial charge < -0.3 is 4.90 Å². The summed E-state index contributed by atoms with van der Waals surface area (Å²) in [7, 11) is 0. The van der Waals surface area contributed by atoms with E-state index in [1.54, 1.807) is 0 Å². The molecule has 2 heteroatoms. The maximum absolute atomic E-state index is 2.75. The minimum Gasteiger partial charge on any atom is -0.303 e. The van der Waals surface area contributed by atoms with Gasteiger partial charge in [-0.15, -0.1) is 0 Å². The Kier molecular flexibility index (Phi) is 5.08. The molecule has 0 radical (unpaired) electrons. The molecule has 0 aromatic heterocycles. The van der Waals surface area contributed by atoms with Gasteiger partial charge in [-0.05, 0) is 50.1 Å². The Morgan fingerprint density at radius 2 is 1.56 bits per heavy atom. The number of nitrogens with zero attached hydrogens (tertiary/aromatic N) is 2. The molecule has 2 saturated heterocycles. The van der Waals surface area contributed by atoms with Gasteiger partial charge in [0.15, 0.2) is 0 Å². The van der Waals surface area contributed by atoms with Crippen LogP contribution < -0.4 is 0 Å². The van der Waals surface area contributed by atoms with E-state index in [9.17, 15) is 0 Å². The van der Waals surface area contributed by atoms with E-state index in [0.29, 0.717) is 0 Å². The normalized spacial score (nSPS) is 25.0. The summed E-state index contributed by atoms with van der Waals surface area (Å²) in [6.07, 6.45) is 4.24. The van der Waals surface area contributed by atoms with Crippen LogP contribution in [0.3, 0.4) is 0 Å². The predicted molar refractivity (Wildman–Crippen MR) is 78.8 cm³/mol. The summed E-state index contributed by atoms with van der Waals surface area (Å²) in [6.45, 7) is 16.1. The quantitative estimate of drug-likeness (QED) is 0.742. The molecule has 2 aliphatic rings. The summed E-state index contributed by atoms with van der Waals surface area (Å²) in [5.74, 6) is 2.70. The lowest BCUT2D eigenvalue weighted by Crippen LogP contribution is -2.55. The average Bonchev–Trinajstić information content (AvgIpc) is 2.23. The van der Waals surface area contributed by atoms with Gasteiger partial charge in [-0.2, -0.15) is 0 Å². The van der Waals surface area contributed by atoms with Crippen LogP contribution in [-0.4, -0.2) is 48.6 Å². The fourth-order valence-corrected chi connectivity index (χ4v) is 3.71. The summed E-state index contributed by atoms with van der Waals surface area (Å²) in [5, 5.41) is 0. The molecule has 2 fully saturated rings. The molecule has 2 aliphatic heterocycles. The molecule has 0 atom stereocenters. The highest BCUT2D eigenvalue weighted by Gasteiger charge is 2.33. The predicted octanol–water partition coefficient (Wildman–Crippen LogP) is 3.08. The second-order valence-electron chi connectivity index (χ2n) is 7.38. The Balaban J connectivity index is 1.63. The Labute approximate surface area is 114 Å². The van der Waals surface area contributed by atoms with Gasteiger partial charge in [0.2, 0.25) is 0 Å². The van der Waals surface area contributed by atoms with Crippen molar-refractivity contribution in [3.05, 3.63) is 0 Å². The van der Waals surface area contributed by atoms with Gasteiger partial charge in [-0.1, -0.05) is 27.7 Å². The van der Waals surface area contributed by atoms with Crippen LogP contribution in [0.2, 0.25) is 0 Å². The molecule has 0 unspecified atom stereocenters. The van der Waals surface area contributed by atoms with Gasteiger partial charge in [0.05, 0.1) is 0 Å². The minimum absolute atomic E-state index is 0.820. The SMILES string of the molecule is CC(C)CC1CN(C2CCN(CC(C)C)CC2)C1. The summed E-state index contributed by atoms with van der Waals surface area (Å²) in [6, 6.07) is 0.900. The van der Waals surface area contributed by atoms with E-state index >= 15 is 0 Å². The molecule has 0 aromatic carbocycles. The van der Waals surface area contributed by atoms with Crippen LogP contribution in [-0.2, 0) is 0 Å². The second kappa shape index (κ2) is 6.38. The third-order valence-corrected chi connectivity index (χ3v) is 4.49. The van der Waals surface area contributed by atoms with Crippen LogP contribution in [0.25, 0.3) is 0 Å². The highest BCUT2D eigenvalue weighted by Crippen LogP contribution is 2.28. The number of rotatable bonds is 5. The van der Waals surface area contributed by atoms with E-state index in [2.05, 4.69) is 37.5 Å². The first-order valence-electron chi connectivity index (χ1n) is 8.01. The van der Waals surface area contributed by atoms with E-state index in [4.69, 9.17) is 0 Å². The molecule has 2 heterocycles. The van der Waals surface area contributed by atoms with Crippen molar-refractivity contribution in [3.8, 4) is 0 Å². The summed E-state index contributed by atoms with van der Waals surface area (Å²) in [5.41, 5.74) is 0. The van der Waals surface area contributed by atoms with Crippen LogP contribution in [0.5, 0.6) is 0 Å². The number of likely N-dealkylation sites (tertiary alicyclic amines) is 2. The number of piperidine rings is 1. The second-order valence-corrected chi connectivity index (χ2v) is 7.38. The molecular formula is C16H32N2. The van der Waals surface area contributed by atoms with Crippen molar-refractivity contribution in [3.63, 3.8) is 0 Å². The zero-order chi connectivity index (χ0) is 13.1. The van der Waals surface area contributed by atoms with Crippen LogP contribution in [0, 0.1) is 17.8 Å². The first-order chi connectivity index (χ1) is 8.54. The Morgan fingerprint density at radius 3 is 2.06 bits per heavy atom. The smallest absolute Gasteiger partial charge is 0.0120 e. The maximum Gasteiger partial charge on any atom is 0.0120 e. The van der Waals surface area contributed by atoms with Gasteiger partial charge in [0.25, 0.3) is 0 Å². The molecule has 0 saturated carbocycles. The number of hydrogen-bond acceptors (Lipinski definition) is 2. The maximum atomic E-state index is 2.75. The number of hydrogen-bond donors (Lipinski definition) is 0. The van der Waals surface area contributed by atoms with Gasteiger partial charge in [-0.25, -0.2) is 0 Å². The highest BCUT2D eigenvalue weighted by molar-refractivity contribution is 4.88. The van der Waals surface area contributed by atoms with Crippen molar-refractivity contribution in [2.24, 2.45) is 17.8 Å². The minimum atomic E-state index is 0.820. The standard InChI is InChI=1S/C16H32N2/c1-13(2)9-15-11-18(12-15)16-5-7-17(8-6-16)10-14(3)4/h13-16H,5-12H2,1-4H3. The molecule has 0 bridgehead atoms. The van der Waals surface area contributed by atoms with Crippen molar-refractivity contribution >= 4 is 0 Å². The highest BCUT2D eigenvalue weighted by atomic mass is 15.2. The van der Waals surface area contributed by atoms with Crippen LogP contribution in [0.15, 0.2) is 0 Å². The van der Waals surface area contributed by atoms with Crippen LogP contribution >= 0.6 is 0 Å². The van der Waals surface area contributed by atoms with E-state index in [1.807, 2.05) is 0 Å². The van der Waals surface area contributed by atoms with Crippen molar-refractivity contribution in [1.82, 2.24) is 9.80 Å². The Morgan fingerprint density at radius 1 is 0.944 bits per heavy atom. The molecule has 0 amide bonds. The van der Waals surface area contributed by atoms with E-state index < -0.39 is 0 Å². The molecule has 106 valence electrons. The lowest BCUT2D eigenvalue weighted by molar-refractivity contribution is 0.0102. The average molecular weight is 252 g/mol. The van der Waals surface area contributed by atoms with Gasteiger partial charge in [0.1, 0.15) is 0 Å². The van der Waals surface area contributed by atoms with Crippen molar-refractivity contribution < 1.29 is 0 Å². The Hall–Kier alpha value is -0.0800. The molecule has 2 rings (SSSR count). The molecular weight excluding hydrogens is 220 g/mol. The van der Waals surface area contributed by atoms with E-state index in [-0.39, 0.29) is 0 Å². The molecule has 0 N–H and O–H groups in total. The van der Waals surface area contributed by atoms with Crippen LogP contribution in [0.4, 0.5) is 0 Å². The lowest BCUT2D eigenvalue weighted by atomic mass is 9.87. The zero-order valence-electron chi connectivity index (χ0n) is 12.9.